The third-order valence-electron chi connectivity index (χ3n) is 1.71. The first kappa shape index (κ1) is 8.90. The molecule has 68 valence electrons. The summed E-state index contributed by atoms with van der Waals surface area (Å²) in [5, 5.41) is 3.08. The van der Waals surface area contributed by atoms with Crippen molar-refractivity contribution in [2.45, 2.75) is 6.92 Å². The molecule has 0 aliphatic carbocycles. The number of carbonyl (C=O) groups is 1. The molecule has 0 atom stereocenters. The largest absolute Gasteiger partial charge is 0.463 e. The molecule has 0 amide bonds. The number of esters is 1. The Morgan fingerprint density at radius 1 is 1.83 bits per heavy atom. The molecule has 1 saturated heterocycles. The fraction of sp³-hybridized carbons (Fsp3) is 0.625. The molecule has 0 saturated carbocycles. The van der Waals surface area contributed by atoms with E-state index in [1.807, 2.05) is 11.9 Å². The standard InChI is InChI=1S/C8H14N2O2/c1-3-12-8(11)6-7-9-4-5-10(7)2/h6,9H,3-5H2,1-2H3. The van der Waals surface area contributed by atoms with Gasteiger partial charge in [0.15, 0.2) is 0 Å². The lowest BCUT2D eigenvalue weighted by atomic mass is 10.5. The van der Waals surface area contributed by atoms with Crippen molar-refractivity contribution in [1.82, 2.24) is 10.2 Å². The van der Waals surface area contributed by atoms with Crippen molar-refractivity contribution in [2.24, 2.45) is 0 Å². The molecule has 1 fully saturated rings. The molecule has 0 aromatic rings. The summed E-state index contributed by atoms with van der Waals surface area (Å²) in [6.07, 6.45) is 1.48. The van der Waals surface area contributed by atoms with Crippen LogP contribution in [0.2, 0.25) is 0 Å². The third kappa shape index (κ3) is 2.15. The number of ether oxygens (including phenoxy) is 1. The molecule has 0 bridgehead atoms. The smallest absolute Gasteiger partial charge is 0.334 e. The average Bonchev–Trinajstić information content (AvgIpc) is 2.37. The third-order valence-corrected chi connectivity index (χ3v) is 1.71. The Hall–Kier alpha value is -1.19. The Bertz CT molecular complexity index is 201. The summed E-state index contributed by atoms with van der Waals surface area (Å²) >= 11 is 0. The van der Waals surface area contributed by atoms with Gasteiger partial charge in [0.05, 0.1) is 12.7 Å². The van der Waals surface area contributed by atoms with Crippen LogP contribution < -0.4 is 5.32 Å². The highest BCUT2D eigenvalue weighted by atomic mass is 16.5. The average molecular weight is 170 g/mol. The Kier molecular flexibility index (Phi) is 2.96. The first-order valence-corrected chi connectivity index (χ1v) is 4.07. The number of hydrogen-bond acceptors (Lipinski definition) is 4. The molecule has 1 aliphatic rings. The van der Waals surface area contributed by atoms with E-state index in [0.29, 0.717) is 6.61 Å². The van der Waals surface area contributed by atoms with Crippen molar-refractivity contribution >= 4 is 5.97 Å². The van der Waals surface area contributed by atoms with Gasteiger partial charge >= 0.3 is 5.97 Å². The van der Waals surface area contributed by atoms with Gasteiger partial charge in [0, 0.05) is 20.1 Å². The summed E-state index contributed by atoms with van der Waals surface area (Å²) in [6.45, 7) is 4.04. The highest BCUT2D eigenvalue weighted by molar-refractivity contribution is 5.82. The predicted molar refractivity (Wildman–Crippen MR) is 45.3 cm³/mol. The van der Waals surface area contributed by atoms with E-state index in [4.69, 9.17) is 4.74 Å². The van der Waals surface area contributed by atoms with E-state index >= 15 is 0 Å². The summed E-state index contributed by atoms with van der Waals surface area (Å²) in [5.41, 5.74) is 0. The van der Waals surface area contributed by atoms with Gasteiger partial charge in [-0.2, -0.15) is 0 Å². The van der Waals surface area contributed by atoms with Gasteiger partial charge in [-0.3, -0.25) is 0 Å². The van der Waals surface area contributed by atoms with Gasteiger partial charge in [-0.1, -0.05) is 0 Å². The quantitative estimate of drug-likeness (QED) is 0.465. The van der Waals surface area contributed by atoms with Gasteiger partial charge in [-0.25, -0.2) is 4.79 Å². The number of likely N-dealkylation sites (N-methyl/N-ethyl adjacent to an activating group) is 1. The van der Waals surface area contributed by atoms with Crippen LogP contribution in [-0.2, 0) is 9.53 Å². The van der Waals surface area contributed by atoms with Crippen molar-refractivity contribution in [1.29, 1.82) is 0 Å². The Labute approximate surface area is 72.2 Å². The number of hydrogen-bond donors (Lipinski definition) is 1. The van der Waals surface area contributed by atoms with E-state index in [0.717, 1.165) is 18.9 Å². The molecule has 1 N–H and O–H groups in total. The van der Waals surface area contributed by atoms with Gasteiger partial charge in [0.25, 0.3) is 0 Å². The van der Waals surface area contributed by atoms with Crippen molar-refractivity contribution in [3.63, 3.8) is 0 Å². The molecule has 0 aromatic heterocycles. The van der Waals surface area contributed by atoms with Crippen LogP contribution in [0.15, 0.2) is 11.9 Å². The Morgan fingerprint density at radius 3 is 3.08 bits per heavy atom. The first-order chi connectivity index (χ1) is 5.74. The minimum Gasteiger partial charge on any atom is -0.463 e. The van der Waals surface area contributed by atoms with Gasteiger partial charge in [0.2, 0.25) is 0 Å². The maximum Gasteiger partial charge on any atom is 0.334 e. The van der Waals surface area contributed by atoms with Crippen LogP contribution in [0.3, 0.4) is 0 Å². The molecular formula is C8H14N2O2. The molecule has 0 unspecified atom stereocenters. The van der Waals surface area contributed by atoms with Crippen molar-refractivity contribution in [3.8, 4) is 0 Å². The molecule has 4 heteroatoms. The van der Waals surface area contributed by atoms with Gasteiger partial charge < -0.3 is 15.0 Å². The van der Waals surface area contributed by atoms with Crippen LogP contribution in [0.25, 0.3) is 0 Å². The van der Waals surface area contributed by atoms with Crippen LogP contribution >= 0.6 is 0 Å². The molecular weight excluding hydrogens is 156 g/mol. The Balaban J connectivity index is 2.49. The summed E-state index contributed by atoms with van der Waals surface area (Å²) in [6, 6.07) is 0. The zero-order chi connectivity index (χ0) is 8.97. The zero-order valence-corrected chi connectivity index (χ0v) is 7.46. The van der Waals surface area contributed by atoms with Crippen molar-refractivity contribution < 1.29 is 9.53 Å². The van der Waals surface area contributed by atoms with Crippen molar-refractivity contribution in [2.75, 3.05) is 26.7 Å². The van der Waals surface area contributed by atoms with E-state index < -0.39 is 0 Å². The summed E-state index contributed by atoms with van der Waals surface area (Å²) < 4.78 is 4.77. The first-order valence-electron chi connectivity index (χ1n) is 4.07. The van der Waals surface area contributed by atoms with Crippen LogP contribution in [-0.4, -0.2) is 37.6 Å². The van der Waals surface area contributed by atoms with Crippen molar-refractivity contribution in [3.05, 3.63) is 11.9 Å². The second-order valence-electron chi connectivity index (χ2n) is 2.63. The minimum absolute atomic E-state index is 0.284. The zero-order valence-electron chi connectivity index (χ0n) is 7.46. The SMILES string of the molecule is CCOC(=O)C=C1NCCN1C. The molecule has 0 radical (unpaired) electrons. The predicted octanol–water partition coefficient (Wildman–Crippen LogP) is -0.0741. The summed E-state index contributed by atoms with van der Waals surface area (Å²) in [5.74, 6) is 0.558. The van der Waals surface area contributed by atoms with E-state index in [1.54, 1.807) is 6.92 Å². The van der Waals surface area contributed by atoms with Crippen LogP contribution in [0.4, 0.5) is 0 Å². The molecule has 0 spiro atoms. The topological polar surface area (TPSA) is 41.6 Å². The summed E-state index contributed by atoms with van der Waals surface area (Å²) in [7, 11) is 1.94. The lowest BCUT2D eigenvalue weighted by molar-refractivity contribution is -0.137. The number of carbonyl (C=O) groups excluding carboxylic acids is 1. The van der Waals surface area contributed by atoms with Gasteiger partial charge in [-0.05, 0) is 6.92 Å². The van der Waals surface area contributed by atoms with Gasteiger partial charge in [-0.15, -0.1) is 0 Å². The monoisotopic (exact) mass is 170 g/mol. The highest BCUT2D eigenvalue weighted by Crippen LogP contribution is 2.02. The lowest BCUT2D eigenvalue weighted by Gasteiger charge is -2.10. The molecule has 12 heavy (non-hydrogen) atoms. The van der Waals surface area contributed by atoms with Gasteiger partial charge in [0.1, 0.15) is 5.82 Å². The van der Waals surface area contributed by atoms with Crippen LogP contribution in [0.5, 0.6) is 0 Å². The lowest BCUT2D eigenvalue weighted by Crippen LogP contribution is -2.16. The second-order valence-corrected chi connectivity index (χ2v) is 2.63. The van der Waals surface area contributed by atoms with Crippen LogP contribution in [0, 0.1) is 0 Å². The molecule has 1 rings (SSSR count). The maximum atomic E-state index is 11.0. The van der Waals surface area contributed by atoms with E-state index in [2.05, 4.69) is 5.32 Å². The number of nitrogens with one attached hydrogen (secondary N) is 1. The molecule has 1 aliphatic heterocycles. The fourth-order valence-corrected chi connectivity index (χ4v) is 1.06. The normalized spacial score (nSPS) is 19.5. The summed E-state index contributed by atoms with van der Waals surface area (Å²) in [4.78, 5) is 13.0. The second kappa shape index (κ2) is 3.99. The molecule has 4 nitrogen and oxygen atoms in total. The van der Waals surface area contributed by atoms with E-state index in [1.165, 1.54) is 6.08 Å². The van der Waals surface area contributed by atoms with E-state index in [-0.39, 0.29) is 5.97 Å². The van der Waals surface area contributed by atoms with Crippen LogP contribution in [0.1, 0.15) is 6.92 Å². The molecule has 1 heterocycles. The molecule has 0 aromatic carbocycles. The highest BCUT2D eigenvalue weighted by Gasteiger charge is 2.12. The minimum atomic E-state index is -0.284. The number of rotatable bonds is 2. The Morgan fingerprint density at radius 2 is 2.58 bits per heavy atom. The maximum absolute atomic E-state index is 11.0. The number of nitrogens with zero attached hydrogens (tertiary/aromatic N) is 1. The van der Waals surface area contributed by atoms with E-state index in [9.17, 15) is 4.79 Å². The fourth-order valence-electron chi connectivity index (χ4n) is 1.06.